The standard InChI is InChI=1S/C12H18O4S2/c13-8-12(9-14,5-10-1-3-17-6-10)11-2-4-18(15,16)7-11/h1,3,6,11,13-14H,2,4-5,7-9H2. The number of hydrogen-bond donors (Lipinski definition) is 2. The number of sulfone groups is 1. The van der Waals surface area contributed by atoms with Crippen molar-refractivity contribution in [1.29, 1.82) is 0 Å². The Hall–Kier alpha value is -0.430. The van der Waals surface area contributed by atoms with Crippen LogP contribution in [0.2, 0.25) is 0 Å². The van der Waals surface area contributed by atoms with E-state index in [1.807, 2.05) is 16.8 Å². The molecular formula is C12H18O4S2. The molecule has 1 aromatic heterocycles. The number of thiophene rings is 1. The van der Waals surface area contributed by atoms with Gasteiger partial charge in [0.25, 0.3) is 0 Å². The van der Waals surface area contributed by atoms with Gasteiger partial charge in [-0.2, -0.15) is 11.3 Å². The van der Waals surface area contributed by atoms with E-state index in [2.05, 4.69) is 0 Å². The lowest BCUT2D eigenvalue weighted by atomic mass is 9.72. The van der Waals surface area contributed by atoms with Crippen molar-refractivity contribution < 1.29 is 18.6 Å². The Balaban J connectivity index is 2.21. The second-order valence-corrected chi connectivity index (χ2v) is 8.10. The summed E-state index contributed by atoms with van der Waals surface area (Å²) in [7, 11) is -3.00. The highest BCUT2D eigenvalue weighted by atomic mass is 32.2. The Bertz CT molecular complexity index is 474. The van der Waals surface area contributed by atoms with Crippen LogP contribution in [0, 0.1) is 11.3 Å². The molecule has 4 nitrogen and oxygen atoms in total. The second kappa shape index (κ2) is 5.28. The summed E-state index contributed by atoms with van der Waals surface area (Å²) >= 11 is 1.56. The van der Waals surface area contributed by atoms with Gasteiger partial charge in [-0.05, 0) is 41.1 Å². The van der Waals surface area contributed by atoms with Crippen LogP contribution in [0.1, 0.15) is 12.0 Å². The van der Waals surface area contributed by atoms with Crippen LogP contribution in [0.15, 0.2) is 16.8 Å². The summed E-state index contributed by atoms with van der Waals surface area (Å²) in [5, 5.41) is 23.2. The van der Waals surface area contributed by atoms with Crippen LogP contribution >= 0.6 is 11.3 Å². The molecule has 1 aliphatic heterocycles. The largest absolute Gasteiger partial charge is 0.396 e. The monoisotopic (exact) mass is 290 g/mol. The van der Waals surface area contributed by atoms with Gasteiger partial charge in [-0.3, -0.25) is 0 Å². The third kappa shape index (κ3) is 2.77. The molecule has 1 saturated heterocycles. The molecule has 1 aliphatic rings. The highest BCUT2D eigenvalue weighted by Crippen LogP contribution is 2.38. The topological polar surface area (TPSA) is 74.6 Å². The summed E-state index contributed by atoms with van der Waals surface area (Å²) < 4.78 is 23.1. The number of aliphatic hydroxyl groups excluding tert-OH is 2. The Morgan fingerprint density at radius 3 is 2.56 bits per heavy atom. The van der Waals surface area contributed by atoms with Gasteiger partial charge in [0.2, 0.25) is 0 Å². The Labute approximate surface area is 111 Å². The zero-order valence-corrected chi connectivity index (χ0v) is 11.7. The fourth-order valence-corrected chi connectivity index (χ4v) is 5.25. The van der Waals surface area contributed by atoms with Crippen molar-refractivity contribution in [2.24, 2.45) is 11.3 Å². The van der Waals surface area contributed by atoms with Crippen LogP contribution in [-0.4, -0.2) is 43.4 Å². The summed E-state index contributed by atoms with van der Waals surface area (Å²) in [6.45, 7) is -0.362. The van der Waals surface area contributed by atoms with Gasteiger partial charge in [-0.15, -0.1) is 0 Å². The van der Waals surface area contributed by atoms with E-state index in [0.29, 0.717) is 12.8 Å². The average molecular weight is 290 g/mol. The first-order valence-electron chi connectivity index (χ1n) is 5.94. The molecule has 2 rings (SSSR count). The van der Waals surface area contributed by atoms with Crippen molar-refractivity contribution >= 4 is 21.2 Å². The second-order valence-electron chi connectivity index (χ2n) is 5.09. The molecule has 0 aromatic carbocycles. The number of aliphatic hydroxyl groups is 2. The summed E-state index contributed by atoms with van der Waals surface area (Å²) in [5.41, 5.74) is 0.331. The zero-order chi connectivity index (χ0) is 13.2. The molecule has 18 heavy (non-hydrogen) atoms. The molecule has 2 heterocycles. The molecule has 1 unspecified atom stereocenters. The first-order chi connectivity index (χ1) is 8.51. The van der Waals surface area contributed by atoms with Gasteiger partial charge in [0.05, 0.1) is 24.7 Å². The van der Waals surface area contributed by atoms with E-state index < -0.39 is 15.3 Å². The molecule has 2 N–H and O–H groups in total. The molecule has 0 aliphatic carbocycles. The van der Waals surface area contributed by atoms with E-state index in [1.165, 1.54) is 0 Å². The first kappa shape index (κ1) is 14.0. The maximum absolute atomic E-state index is 11.6. The SMILES string of the molecule is O=S1(=O)CCC(C(CO)(CO)Cc2ccsc2)C1. The number of hydrogen-bond acceptors (Lipinski definition) is 5. The van der Waals surface area contributed by atoms with E-state index in [4.69, 9.17) is 0 Å². The molecule has 1 atom stereocenters. The molecule has 102 valence electrons. The van der Waals surface area contributed by atoms with Crippen molar-refractivity contribution in [3.8, 4) is 0 Å². The van der Waals surface area contributed by atoms with Crippen LogP contribution in [0.5, 0.6) is 0 Å². The predicted molar refractivity (Wildman–Crippen MR) is 71.4 cm³/mol. The minimum absolute atomic E-state index is 0.0816. The molecule has 0 spiro atoms. The predicted octanol–water partition coefficient (Wildman–Crippen LogP) is 0.696. The molecule has 0 radical (unpaired) electrons. The highest BCUT2D eigenvalue weighted by Gasteiger charge is 2.44. The van der Waals surface area contributed by atoms with Crippen LogP contribution in [0.25, 0.3) is 0 Å². The van der Waals surface area contributed by atoms with Crippen LogP contribution in [0.4, 0.5) is 0 Å². The summed E-state index contributed by atoms with van der Waals surface area (Å²) in [4.78, 5) is 0. The minimum Gasteiger partial charge on any atom is -0.396 e. The molecule has 0 bridgehead atoms. The van der Waals surface area contributed by atoms with E-state index >= 15 is 0 Å². The fraction of sp³-hybridized carbons (Fsp3) is 0.667. The smallest absolute Gasteiger partial charge is 0.150 e. The van der Waals surface area contributed by atoms with Gasteiger partial charge in [-0.1, -0.05) is 0 Å². The lowest BCUT2D eigenvalue weighted by molar-refractivity contribution is 0.0125. The normalized spacial score (nSPS) is 23.3. The third-order valence-corrected chi connectivity index (χ3v) is 6.36. The van der Waals surface area contributed by atoms with E-state index in [-0.39, 0.29) is 30.6 Å². The molecular weight excluding hydrogens is 272 g/mol. The van der Waals surface area contributed by atoms with Crippen LogP contribution < -0.4 is 0 Å². The van der Waals surface area contributed by atoms with Crippen molar-refractivity contribution in [2.75, 3.05) is 24.7 Å². The summed E-state index contributed by atoms with van der Waals surface area (Å²) in [6, 6.07) is 1.95. The Morgan fingerprint density at radius 1 is 1.39 bits per heavy atom. The van der Waals surface area contributed by atoms with Gasteiger partial charge in [-0.25, -0.2) is 8.42 Å². The third-order valence-electron chi connectivity index (χ3n) is 3.86. The van der Waals surface area contributed by atoms with E-state index in [1.54, 1.807) is 11.3 Å². The molecule has 6 heteroatoms. The van der Waals surface area contributed by atoms with Gasteiger partial charge in [0, 0.05) is 5.41 Å². The van der Waals surface area contributed by atoms with Crippen LogP contribution in [-0.2, 0) is 16.3 Å². The Morgan fingerprint density at radius 2 is 2.11 bits per heavy atom. The lowest BCUT2D eigenvalue weighted by Crippen LogP contribution is -2.40. The quantitative estimate of drug-likeness (QED) is 0.837. The van der Waals surface area contributed by atoms with E-state index in [9.17, 15) is 18.6 Å². The molecule has 1 aromatic rings. The summed E-state index contributed by atoms with van der Waals surface area (Å²) in [6.07, 6.45) is 1.07. The van der Waals surface area contributed by atoms with Crippen molar-refractivity contribution in [3.63, 3.8) is 0 Å². The molecule has 0 saturated carbocycles. The van der Waals surface area contributed by atoms with Crippen LogP contribution in [0.3, 0.4) is 0 Å². The summed E-state index contributed by atoms with van der Waals surface area (Å²) in [5.74, 6) is 0.0961. The molecule has 1 fully saturated rings. The van der Waals surface area contributed by atoms with E-state index in [0.717, 1.165) is 5.56 Å². The van der Waals surface area contributed by atoms with Gasteiger partial charge in [0.15, 0.2) is 9.84 Å². The maximum Gasteiger partial charge on any atom is 0.150 e. The van der Waals surface area contributed by atoms with Crippen molar-refractivity contribution in [3.05, 3.63) is 22.4 Å². The van der Waals surface area contributed by atoms with Crippen molar-refractivity contribution in [2.45, 2.75) is 12.8 Å². The van der Waals surface area contributed by atoms with Gasteiger partial charge in [0.1, 0.15) is 0 Å². The van der Waals surface area contributed by atoms with Gasteiger partial charge >= 0.3 is 0 Å². The highest BCUT2D eigenvalue weighted by molar-refractivity contribution is 7.91. The fourth-order valence-electron chi connectivity index (χ4n) is 2.64. The van der Waals surface area contributed by atoms with Gasteiger partial charge < -0.3 is 10.2 Å². The zero-order valence-electron chi connectivity index (χ0n) is 10.1. The Kier molecular flexibility index (Phi) is 4.11. The lowest BCUT2D eigenvalue weighted by Gasteiger charge is -2.35. The first-order valence-corrected chi connectivity index (χ1v) is 8.71. The van der Waals surface area contributed by atoms with Crippen molar-refractivity contribution in [1.82, 2.24) is 0 Å². The minimum atomic E-state index is -3.00. The average Bonchev–Trinajstić information content (AvgIpc) is 2.95. The molecule has 0 amide bonds. The maximum atomic E-state index is 11.6. The number of rotatable bonds is 5.